The topological polar surface area (TPSA) is 107 Å². The highest BCUT2D eigenvalue weighted by Gasteiger charge is 2.32. The first-order chi connectivity index (χ1) is 14.1. The van der Waals surface area contributed by atoms with Gasteiger partial charge in [0.2, 0.25) is 0 Å². The van der Waals surface area contributed by atoms with Crippen molar-refractivity contribution in [2.75, 3.05) is 13.1 Å². The SMILES string of the molecule is CC(C)(C)OC(=O)N1CC[C@H](NC(=O)c2ccc(-n3ccccc3=O)cc2)[C@H](N)C1. The van der Waals surface area contributed by atoms with Crippen molar-refractivity contribution in [3.63, 3.8) is 0 Å². The third kappa shape index (κ3) is 5.27. The summed E-state index contributed by atoms with van der Waals surface area (Å²) in [6.07, 6.45) is 1.83. The Kier molecular flexibility index (Phi) is 6.26. The van der Waals surface area contributed by atoms with Crippen molar-refractivity contribution in [3.05, 3.63) is 64.6 Å². The van der Waals surface area contributed by atoms with Gasteiger partial charge < -0.3 is 20.7 Å². The number of aromatic nitrogens is 1. The molecule has 0 bridgehead atoms. The van der Waals surface area contributed by atoms with Crippen molar-refractivity contribution in [2.24, 2.45) is 5.73 Å². The number of pyridine rings is 1. The number of ether oxygens (including phenoxy) is 1. The minimum Gasteiger partial charge on any atom is -0.444 e. The standard InChI is InChI=1S/C22H28N4O4/c1-22(2,3)30-21(29)25-13-11-18(17(23)14-25)24-20(28)15-7-9-16(10-8-15)26-12-5-4-6-19(26)27/h4-10,12,17-18H,11,13-14,23H2,1-3H3,(H,24,28)/t17-,18+/m1/s1. The van der Waals surface area contributed by atoms with Crippen LogP contribution >= 0.6 is 0 Å². The van der Waals surface area contributed by atoms with E-state index < -0.39 is 17.7 Å². The number of carbonyl (C=O) groups is 2. The van der Waals surface area contributed by atoms with Crippen LogP contribution in [0, 0.1) is 0 Å². The summed E-state index contributed by atoms with van der Waals surface area (Å²) in [7, 11) is 0. The molecule has 2 aromatic rings. The number of benzene rings is 1. The van der Waals surface area contributed by atoms with Gasteiger partial charge >= 0.3 is 6.09 Å². The zero-order chi connectivity index (χ0) is 21.9. The van der Waals surface area contributed by atoms with Crippen LogP contribution in [0.5, 0.6) is 0 Å². The van der Waals surface area contributed by atoms with Crippen LogP contribution < -0.4 is 16.6 Å². The van der Waals surface area contributed by atoms with Crippen LogP contribution in [0.25, 0.3) is 5.69 Å². The van der Waals surface area contributed by atoms with Crippen LogP contribution in [0.4, 0.5) is 4.79 Å². The van der Waals surface area contributed by atoms with Crippen LogP contribution in [-0.2, 0) is 4.74 Å². The summed E-state index contributed by atoms with van der Waals surface area (Å²) in [4.78, 5) is 38.4. The molecule has 0 aliphatic carbocycles. The number of hydrogen-bond acceptors (Lipinski definition) is 5. The van der Waals surface area contributed by atoms with Crippen molar-refractivity contribution in [3.8, 4) is 5.69 Å². The maximum Gasteiger partial charge on any atom is 0.410 e. The molecule has 160 valence electrons. The Morgan fingerprint density at radius 3 is 2.43 bits per heavy atom. The number of nitrogens with zero attached hydrogens (tertiary/aromatic N) is 2. The lowest BCUT2D eigenvalue weighted by molar-refractivity contribution is 0.0179. The number of carbonyl (C=O) groups excluding carboxylic acids is 2. The van der Waals surface area contributed by atoms with E-state index in [0.717, 1.165) is 0 Å². The maximum absolute atomic E-state index is 12.6. The molecule has 1 aliphatic heterocycles. The molecule has 2 atom stereocenters. The number of piperidine rings is 1. The molecule has 8 heteroatoms. The second-order valence-corrected chi connectivity index (χ2v) is 8.41. The minimum absolute atomic E-state index is 0.141. The fourth-order valence-electron chi connectivity index (χ4n) is 3.32. The van der Waals surface area contributed by atoms with Gasteiger partial charge in [-0.3, -0.25) is 14.2 Å². The number of hydrogen-bond donors (Lipinski definition) is 2. The van der Waals surface area contributed by atoms with Gasteiger partial charge in [-0.15, -0.1) is 0 Å². The lowest BCUT2D eigenvalue weighted by atomic mass is 9.99. The van der Waals surface area contributed by atoms with Gasteiger partial charge in [-0.2, -0.15) is 0 Å². The van der Waals surface area contributed by atoms with Crippen LogP contribution in [0.1, 0.15) is 37.6 Å². The number of rotatable bonds is 3. The van der Waals surface area contributed by atoms with E-state index in [0.29, 0.717) is 30.8 Å². The zero-order valence-corrected chi connectivity index (χ0v) is 17.5. The Labute approximate surface area is 175 Å². The molecule has 2 heterocycles. The summed E-state index contributed by atoms with van der Waals surface area (Å²) >= 11 is 0. The van der Waals surface area contributed by atoms with Crippen molar-refractivity contribution in [1.82, 2.24) is 14.8 Å². The van der Waals surface area contributed by atoms with E-state index in [1.807, 2.05) is 20.8 Å². The van der Waals surface area contributed by atoms with Crippen LogP contribution in [0.2, 0.25) is 0 Å². The molecule has 3 N–H and O–H groups in total. The van der Waals surface area contributed by atoms with E-state index in [1.54, 1.807) is 47.5 Å². The summed E-state index contributed by atoms with van der Waals surface area (Å²) in [5.74, 6) is -0.242. The summed E-state index contributed by atoms with van der Waals surface area (Å²) < 4.78 is 6.89. The van der Waals surface area contributed by atoms with E-state index in [1.165, 1.54) is 10.6 Å². The average Bonchev–Trinajstić information content (AvgIpc) is 2.68. The van der Waals surface area contributed by atoms with E-state index in [9.17, 15) is 14.4 Å². The first kappa shape index (κ1) is 21.6. The second-order valence-electron chi connectivity index (χ2n) is 8.41. The molecule has 1 aromatic heterocycles. The molecule has 1 saturated heterocycles. The molecule has 0 saturated carbocycles. The Morgan fingerprint density at radius 2 is 1.83 bits per heavy atom. The lowest BCUT2D eigenvalue weighted by Crippen LogP contribution is -2.59. The lowest BCUT2D eigenvalue weighted by Gasteiger charge is -2.37. The highest BCUT2D eigenvalue weighted by molar-refractivity contribution is 5.94. The predicted molar refractivity (Wildman–Crippen MR) is 114 cm³/mol. The number of nitrogens with two attached hydrogens (primary N) is 1. The Morgan fingerprint density at radius 1 is 1.13 bits per heavy atom. The summed E-state index contributed by atoms with van der Waals surface area (Å²) in [5.41, 5.74) is 6.66. The smallest absolute Gasteiger partial charge is 0.410 e. The quantitative estimate of drug-likeness (QED) is 0.801. The molecular weight excluding hydrogens is 384 g/mol. The molecule has 0 unspecified atom stereocenters. The van der Waals surface area contributed by atoms with Gasteiger partial charge in [0.15, 0.2) is 0 Å². The first-order valence-corrected chi connectivity index (χ1v) is 9.96. The van der Waals surface area contributed by atoms with Crippen molar-refractivity contribution < 1.29 is 14.3 Å². The highest BCUT2D eigenvalue weighted by atomic mass is 16.6. The van der Waals surface area contributed by atoms with Gasteiger partial charge in [-0.1, -0.05) is 6.07 Å². The predicted octanol–water partition coefficient (Wildman–Crippen LogP) is 1.90. The second kappa shape index (κ2) is 8.71. The largest absolute Gasteiger partial charge is 0.444 e. The zero-order valence-electron chi connectivity index (χ0n) is 17.5. The fraction of sp³-hybridized carbons (Fsp3) is 0.409. The summed E-state index contributed by atoms with van der Waals surface area (Å²) in [5, 5.41) is 2.95. The van der Waals surface area contributed by atoms with Crippen molar-refractivity contribution in [1.29, 1.82) is 0 Å². The van der Waals surface area contributed by atoms with Crippen molar-refractivity contribution in [2.45, 2.75) is 44.9 Å². The van der Waals surface area contributed by atoms with Gasteiger partial charge in [0.1, 0.15) is 5.60 Å². The molecule has 1 aliphatic rings. The third-order valence-electron chi connectivity index (χ3n) is 4.86. The Balaban J connectivity index is 1.59. The number of nitrogens with one attached hydrogen (secondary N) is 1. The highest BCUT2D eigenvalue weighted by Crippen LogP contribution is 2.16. The third-order valence-corrected chi connectivity index (χ3v) is 4.86. The average molecular weight is 412 g/mol. The van der Waals surface area contributed by atoms with Gasteiger partial charge in [-0.05, 0) is 57.5 Å². The molecule has 3 rings (SSSR count). The molecule has 2 amide bonds. The van der Waals surface area contributed by atoms with Crippen LogP contribution in [-0.4, -0.2) is 52.2 Å². The monoisotopic (exact) mass is 412 g/mol. The van der Waals surface area contributed by atoms with E-state index in [-0.39, 0.29) is 17.5 Å². The fourth-order valence-corrected chi connectivity index (χ4v) is 3.32. The summed E-state index contributed by atoms with van der Waals surface area (Å²) in [6, 6.07) is 11.1. The summed E-state index contributed by atoms with van der Waals surface area (Å²) in [6.45, 7) is 6.23. The molecule has 1 fully saturated rings. The van der Waals surface area contributed by atoms with Crippen LogP contribution in [0.15, 0.2) is 53.5 Å². The molecule has 1 aromatic carbocycles. The van der Waals surface area contributed by atoms with Gasteiger partial charge in [0.05, 0.1) is 0 Å². The Bertz CT molecular complexity index is 962. The molecule has 8 nitrogen and oxygen atoms in total. The van der Waals surface area contributed by atoms with E-state index in [2.05, 4.69) is 5.32 Å². The van der Waals surface area contributed by atoms with Gasteiger partial charge in [0, 0.05) is 48.7 Å². The van der Waals surface area contributed by atoms with E-state index >= 15 is 0 Å². The maximum atomic E-state index is 12.6. The van der Waals surface area contributed by atoms with Crippen LogP contribution in [0.3, 0.4) is 0 Å². The molecule has 0 radical (unpaired) electrons. The number of amides is 2. The van der Waals surface area contributed by atoms with Gasteiger partial charge in [0.25, 0.3) is 11.5 Å². The number of likely N-dealkylation sites (tertiary alicyclic amines) is 1. The molecule has 0 spiro atoms. The molecular formula is C22H28N4O4. The Hall–Kier alpha value is -3.13. The normalized spacial score (nSPS) is 19.3. The van der Waals surface area contributed by atoms with Gasteiger partial charge in [-0.25, -0.2) is 4.79 Å². The van der Waals surface area contributed by atoms with E-state index in [4.69, 9.17) is 10.5 Å². The minimum atomic E-state index is -0.566. The first-order valence-electron chi connectivity index (χ1n) is 9.96. The van der Waals surface area contributed by atoms with Crippen molar-refractivity contribution >= 4 is 12.0 Å². The molecule has 30 heavy (non-hydrogen) atoms.